The lowest BCUT2D eigenvalue weighted by Crippen LogP contribution is -2.15. The minimum atomic E-state index is 0.485. The quantitative estimate of drug-likeness (QED) is 0.788. The van der Waals surface area contributed by atoms with E-state index in [1.807, 2.05) is 0 Å². The predicted octanol–water partition coefficient (Wildman–Crippen LogP) is 2.57. The Morgan fingerprint density at radius 1 is 1.21 bits per heavy atom. The van der Waals surface area contributed by atoms with Crippen molar-refractivity contribution in [2.45, 2.75) is 26.4 Å². The topological polar surface area (TPSA) is 15.3 Å². The predicted molar refractivity (Wildman–Crippen MR) is 62.6 cm³/mol. The number of hydrogen-bond acceptors (Lipinski definition) is 2. The van der Waals surface area contributed by atoms with Crippen LogP contribution < -0.4 is 5.32 Å². The molecule has 0 fully saturated rings. The van der Waals surface area contributed by atoms with Crippen LogP contribution in [-0.2, 0) is 6.54 Å². The Kier molecular flexibility index (Phi) is 3.96. The van der Waals surface area contributed by atoms with Crippen LogP contribution in [0.1, 0.15) is 19.4 Å². The third-order valence-corrected chi connectivity index (χ3v) is 1.95. The Morgan fingerprint density at radius 3 is 2.43 bits per heavy atom. The molecule has 0 bridgehead atoms. The largest absolute Gasteiger partial charge is 0.383 e. The molecule has 0 saturated heterocycles. The second-order valence-electron chi connectivity index (χ2n) is 4.19. The van der Waals surface area contributed by atoms with Crippen molar-refractivity contribution in [1.82, 2.24) is 4.90 Å². The monoisotopic (exact) mass is 192 g/mol. The van der Waals surface area contributed by atoms with Gasteiger partial charge in [-0.2, -0.15) is 0 Å². The van der Waals surface area contributed by atoms with Crippen LogP contribution in [0.5, 0.6) is 0 Å². The number of benzene rings is 1. The van der Waals surface area contributed by atoms with E-state index < -0.39 is 0 Å². The van der Waals surface area contributed by atoms with E-state index in [1.54, 1.807) is 0 Å². The maximum absolute atomic E-state index is 3.45. The van der Waals surface area contributed by atoms with Gasteiger partial charge in [0.25, 0.3) is 0 Å². The summed E-state index contributed by atoms with van der Waals surface area (Å²) in [6, 6.07) is 8.95. The average molecular weight is 192 g/mol. The summed E-state index contributed by atoms with van der Waals surface area (Å²) in [6.45, 7) is 5.30. The first-order chi connectivity index (χ1) is 6.59. The van der Waals surface area contributed by atoms with E-state index in [-0.39, 0.29) is 0 Å². The Hall–Kier alpha value is -1.02. The van der Waals surface area contributed by atoms with Gasteiger partial charge in [0.2, 0.25) is 0 Å². The van der Waals surface area contributed by atoms with Crippen LogP contribution in [0.25, 0.3) is 0 Å². The van der Waals surface area contributed by atoms with E-state index in [4.69, 9.17) is 0 Å². The van der Waals surface area contributed by atoms with Gasteiger partial charge in [-0.25, -0.2) is 0 Å². The smallest absolute Gasteiger partial charge is 0.0387 e. The minimum Gasteiger partial charge on any atom is -0.383 e. The number of nitrogens with zero attached hydrogens (tertiary/aromatic N) is 1. The van der Waals surface area contributed by atoms with E-state index in [9.17, 15) is 0 Å². The molecule has 0 aromatic heterocycles. The Morgan fingerprint density at radius 2 is 1.86 bits per heavy atom. The lowest BCUT2D eigenvalue weighted by atomic mass is 10.1. The van der Waals surface area contributed by atoms with Crippen molar-refractivity contribution in [3.8, 4) is 0 Å². The zero-order valence-corrected chi connectivity index (χ0v) is 9.54. The number of para-hydroxylation sites is 1. The third kappa shape index (κ3) is 3.38. The zero-order chi connectivity index (χ0) is 10.6. The van der Waals surface area contributed by atoms with E-state index in [0.717, 1.165) is 6.54 Å². The summed E-state index contributed by atoms with van der Waals surface area (Å²) in [5.41, 5.74) is 2.60. The first-order valence-corrected chi connectivity index (χ1v) is 5.08. The fourth-order valence-corrected chi connectivity index (χ4v) is 1.45. The first-order valence-electron chi connectivity index (χ1n) is 5.08. The number of rotatable bonds is 4. The molecular formula is C12H20N2. The van der Waals surface area contributed by atoms with Gasteiger partial charge >= 0.3 is 0 Å². The summed E-state index contributed by atoms with van der Waals surface area (Å²) >= 11 is 0. The standard InChI is InChI=1S/C12H20N2/c1-10(2)13-12-8-6-5-7-11(12)9-14(3)4/h5-8,10,13H,9H2,1-4H3. The van der Waals surface area contributed by atoms with Crippen molar-refractivity contribution in [3.05, 3.63) is 29.8 Å². The maximum Gasteiger partial charge on any atom is 0.0387 e. The number of hydrogen-bond donors (Lipinski definition) is 1. The van der Waals surface area contributed by atoms with Crippen molar-refractivity contribution in [2.24, 2.45) is 0 Å². The first kappa shape index (κ1) is 11.1. The molecule has 0 aliphatic heterocycles. The van der Waals surface area contributed by atoms with Crippen LogP contribution in [0.3, 0.4) is 0 Å². The average Bonchev–Trinajstić information content (AvgIpc) is 2.06. The summed E-state index contributed by atoms with van der Waals surface area (Å²) in [5, 5.41) is 3.45. The fourth-order valence-electron chi connectivity index (χ4n) is 1.45. The molecule has 1 aromatic rings. The van der Waals surface area contributed by atoms with Gasteiger partial charge in [0.05, 0.1) is 0 Å². The van der Waals surface area contributed by atoms with Crippen LogP contribution in [0.15, 0.2) is 24.3 Å². The molecule has 0 spiro atoms. The van der Waals surface area contributed by atoms with Gasteiger partial charge in [0, 0.05) is 18.3 Å². The van der Waals surface area contributed by atoms with Gasteiger partial charge < -0.3 is 10.2 Å². The minimum absolute atomic E-state index is 0.485. The van der Waals surface area contributed by atoms with Gasteiger partial charge in [-0.05, 0) is 39.6 Å². The Labute approximate surface area is 86.9 Å². The maximum atomic E-state index is 3.45. The molecule has 1 aromatic carbocycles. The van der Waals surface area contributed by atoms with Crippen LogP contribution in [0.2, 0.25) is 0 Å². The Balaban J connectivity index is 2.80. The molecule has 1 N–H and O–H groups in total. The number of anilines is 1. The van der Waals surface area contributed by atoms with Crippen molar-refractivity contribution in [3.63, 3.8) is 0 Å². The molecule has 0 amide bonds. The summed E-state index contributed by atoms with van der Waals surface area (Å²) in [4.78, 5) is 2.18. The van der Waals surface area contributed by atoms with E-state index in [1.165, 1.54) is 11.3 Å². The molecule has 0 saturated carbocycles. The zero-order valence-electron chi connectivity index (χ0n) is 9.54. The lowest BCUT2D eigenvalue weighted by Gasteiger charge is -2.17. The molecule has 2 nitrogen and oxygen atoms in total. The van der Waals surface area contributed by atoms with Crippen LogP contribution in [0, 0.1) is 0 Å². The van der Waals surface area contributed by atoms with Crippen molar-refractivity contribution < 1.29 is 0 Å². The summed E-state index contributed by atoms with van der Waals surface area (Å²) < 4.78 is 0. The Bertz CT molecular complexity index is 250. The summed E-state index contributed by atoms with van der Waals surface area (Å²) in [5.74, 6) is 0. The molecule has 0 atom stereocenters. The van der Waals surface area contributed by atoms with Crippen molar-refractivity contribution in [1.29, 1.82) is 0 Å². The molecule has 78 valence electrons. The van der Waals surface area contributed by atoms with E-state index in [2.05, 4.69) is 62.4 Å². The lowest BCUT2D eigenvalue weighted by molar-refractivity contribution is 0.403. The summed E-state index contributed by atoms with van der Waals surface area (Å²) in [7, 11) is 4.18. The second kappa shape index (κ2) is 5.01. The summed E-state index contributed by atoms with van der Waals surface area (Å²) in [6.07, 6.45) is 0. The highest BCUT2D eigenvalue weighted by atomic mass is 15.1. The van der Waals surface area contributed by atoms with Gasteiger partial charge in [-0.15, -0.1) is 0 Å². The van der Waals surface area contributed by atoms with Gasteiger partial charge in [0.1, 0.15) is 0 Å². The molecule has 1 rings (SSSR count). The molecule has 0 aliphatic rings. The van der Waals surface area contributed by atoms with Gasteiger partial charge in [-0.1, -0.05) is 18.2 Å². The van der Waals surface area contributed by atoms with Crippen LogP contribution >= 0.6 is 0 Å². The van der Waals surface area contributed by atoms with E-state index >= 15 is 0 Å². The number of nitrogens with one attached hydrogen (secondary N) is 1. The highest BCUT2D eigenvalue weighted by Crippen LogP contribution is 2.16. The highest BCUT2D eigenvalue weighted by Gasteiger charge is 2.03. The highest BCUT2D eigenvalue weighted by molar-refractivity contribution is 5.51. The van der Waals surface area contributed by atoms with Crippen LogP contribution in [0.4, 0.5) is 5.69 Å². The van der Waals surface area contributed by atoms with Gasteiger partial charge in [0.15, 0.2) is 0 Å². The third-order valence-electron chi connectivity index (χ3n) is 1.95. The van der Waals surface area contributed by atoms with Crippen molar-refractivity contribution in [2.75, 3.05) is 19.4 Å². The molecule has 14 heavy (non-hydrogen) atoms. The van der Waals surface area contributed by atoms with Gasteiger partial charge in [-0.3, -0.25) is 0 Å². The van der Waals surface area contributed by atoms with Crippen LogP contribution in [-0.4, -0.2) is 25.0 Å². The molecule has 0 radical (unpaired) electrons. The van der Waals surface area contributed by atoms with Crippen molar-refractivity contribution >= 4 is 5.69 Å². The normalized spacial score (nSPS) is 11.0. The fraction of sp³-hybridized carbons (Fsp3) is 0.500. The van der Waals surface area contributed by atoms with E-state index in [0.29, 0.717) is 6.04 Å². The SMILES string of the molecule is CC(C)Nc1ccccc1CN(C)C. The molecule has 0 unspecified atom stereocenters. The molecule has 0 heterocycles. The second-order valence-corrected chi connectivity index (χ2v) is 4.19. The molecule has 0 aliphatic carbocycles. The molecule has 2 heteroatoms. The molecular weight excluding hydrogens is 172 g/mol.